The molecule has 4 aromatic rings. The van der Waals surface area contributed by atoms with Gasteiger partial charge < -0.3 is 20.1 Å². The van der Waals surface area contributed by atoms with E-state index in [0.717, 1.165) is 20.6 Å². The number of rotatable bonds is 10. The number of amides is 2. The minimum absolute atomic E-state index is 0.123. The molecule has 1 atom stereocenters. The summed E-state index contributed by atoms with van der Waals surface area (Å²) >= 11 is 6.26. The van der Waals surface area contributed by atoms with Gasteiger partial charge >= 0.3 is 0 Å². The van der Waals surface area contributed by atoms with Crippen molar-refractivity contribution >= 4 is 61.7 Å². The molecule has 0 fully saturated rings. The summed E-state index contributed by atoms with van der Waals surface area (Å²) in [7, 11) is 3.01. The van der Waals surface area contributed by atoms with Gasteiger partial charge in [0.1, 0.15) is 17.1 Å². The average molecular weight is 613 g/mol. The van der Waals surface area contributed by atoms with E-state index in [1.807, 2.05) is 54.8 Å². The summed E-state index contributed by atoms with van der Waals surface area (Å²) in [6.45, 7) is 1.96. The molecular formula is C28H26BrN3O4S2. The maximum absolute atomic E-state index is 13.1. The van der Waals surface area contributed by atoms with Crippen molar-refractivity contribution in [3.63, 3.8) is 0 Å². The van der Waals surface area contributed by atoms with Crippen LogP contribution in [0.15, 0.2) is 81.5 Å². The maximum Gasteiger partial charge on any atom is 0.263 e. The van der Waals surface area contributed by atoms with Crippen molar-refractivity contribution in [2.75, 3.05) is 24.9 Å². The Morgan fingerprint density at radius 2 is 1.68 bits per heavy atom. The third kappa shape index (κ3) is 6.75. The number of methoxy groups -OCH3 is 2. The lowest BCUT2D eigenvalue weighted by molar-refractivity contribution is -0.115. The van der Waals surface area contributed by atoms with Crippen molar-refractivity contribution < 1.29 is 19.1 Å². The van der Waals surface area contributed by atoms with E-state index >= 15 is 0 Å². The van der Waals surface area contributed by atoms with Gasteiger partial charge in [0.25, 0.3) is 5.91 Å². The predicted octanol–water partition coefficient (Wildman–Crippen LogP) is 7.35. The summed E-state index contributed by atoms with van der Waals surface area (Å²) in [4.78, 5) is 31.5. The SMILES string of the molecule is CCC(Sc1cccc(NC(=O)c2c(OC)cccc2OC)c1)C(=O)Nc1nc(-c2ccc(Br)cc2)cs1. The molecule has 7 nitrogen and oxygen atoms in total. The molecule has 0 radical (unpaired) electrons. The molecule has 196 valence electrons. The van der Waals surface area contributed by atoms with Crippen LogP contribution in [0.2, 0.25) is 0 Å². The Bertz CT molecular complexity index is 1400. The monoisotopic (exact) mass is 611 g/mol. The number of hydrogen-bond acceptors (Lipinski definition) is 7. The van der Waals surface area contributed by atoms with Crippen LogP contribution in [0.25, 0.3) is 11.3 Å². The lowest BCUT2D eigenvalue weighted by Gasteiger charge is -2.15. The third-order valence-corrected chi connectivity index (χ3v) is 8.21. The summed E-state index contributed by atoms with van der Waals surface area (Å²) in [5.74, 6) is 0.361. The Kier molecular flexibility index (Phi) is 9.43. The first-order valence-corrected chi connectivity index (χ1v) is 14.3. The standard InChI is InChI=1S/C28H26BrN3O4S2/c1-4-24(26(33)32-28-31-21(16-37-28)17-11-13-18(29)14-12-17)38-20-8-5-7-19(15-20)30-27(34)25-22(35-2)9-6-10-23(25)36-3/h5-16,24H,4H2,1-3H3,(H,30,34)(H,31,32,33). The zero-order valence-corrected chi connectivity index (χ0v) is 24.2. The highest BCUT2D eigenvalue weighted by Crippen LogP contribution is 2.32. The van der Waals surface area contributed by atoms with Crippen LogP contribution in [0.3, 0.4) is 0 Å². The first kappa shape index (κ1) is 27.7. The van der Waals surface area contributed by atoms with Crippen molar-refractivity contribution in [2.24, 2.45) is 0 Å². The molecule has 0 bridgehead atoms. The lowest BCUT2D eigenvalue weighted by Crippen LogP contribution is -2.24. The van der Waals surface area contributed by atoms with E-state index in [2.05, 4.69) is 31.5 Å². The minimum Gasteiger partial charge on any atom is -0.496 e. The van der Waals surface area contributed by atoms with Crippen LogP contribution in [-0.2, 0) is 4.79 Å². The van der Waals surface area contributed by atoms with Crippen molar-refractivity contribution in [3.05, 3.63) is 82.1 Å². The summed E-state index contributed by atoms with van der Waals surface area (Å²) in [5.41, 5.74) is 2.71. The molecule has 0 aliphatic rings. The number of hydrogen-bond donors (Lipinski definition) is 2. The molecule has 1 aromatic heterocycles. The van der Waals surface area contributed by atoms with Crippen LogP contribution in [0, 0.1) is 0 Å². The zero-order chi connectivity index (χ0) is 27.1. The molecule has 0 spiro atoms. The van der Waals surface area contributed by atoms with Crippen molar-refractivity contribution in [1.29, 1.82) is 0 Å². The fourth-order valence-corrected chi connectivity index (χ4v) is 5.67. The minimum atomic E-state index is -0.350. The van der Waals surface area contributed by atoms with Crippen molar-refractivity contribution in [3.8, 4) is 22.8 Å². The van der Waals surface area contributed by atoms with Gasteiger partial charge in [0.2, 0.25) is 5.91 Å². The van der Waals surface area contributed by atoms with Gasteiger partial charge in [-0.15, -0.1) is 23.1 Å². The molecule has 10 heteroatoms. The van der Waals surface area contributed by atoms with E-state index in [1.54, 1.807) is 24.3 Å². The summed E-state index contributed by atoms with van der Waals surface area (Å²) < 4.78 is 11.7. The Hall–Kier alpha value is -3.34. The molecular weight excluding hydrogens is 586 g/mol. The number of carbonyl (C=O) groups is 2. The van der Waals surface area contributed by atoms with E-state index in [0.29, 0.717) is 34.3 Å². The van der Waals surface area contributed by atoms with E-state index in [4.69, 9.17) is 9.47 Å². The van der Waals surface area contributed by atoms with Crippen LogP contribution >= 0.6 is 39.0 Å². The number of benzene rings is 3. The number of halogens is 1. The van der Waals surface area contributed by atoms with Gasteiger partial charge in [-0.1, -0.05) is 47.1 Å². The highest BCUT2D eigenvalue weighted by atomic mass is 79.9. The number of anilines is 2. The van der Waals surface area contributed by atoms with E-state index < -0.39 is 0 Å². The first-order chi connectivity index (χ1) is 18.4. The number of nitrogens with zero attached hydrogens (tertiary/aromatic N) is 1. The fraction of sp³-hybridized carbons (Fsp3) is 0.179. The molecule has 4 rings (SSSR count). The topological polar surface area (TPSA) is 89.5 Å². The molecule has 1 heterocycles. The van der Waals surface area contributed by atoms with Crippen LogP contribution in [-0.4, -0.2) is 36.3 Å². The van der Waals surface area contributed by atoms with Gasteiger partial charge in [-0.25, -0.2) is 4.98 Å². The Labute approximate surface area is 238 Å². The van der Waals surface area contributed by atoms with Gasteiger partial charge in [0.15, 0.2) is 5.13 Å². The normalized spacial score (nSPS) is 11.5. The second kappa shape index (κ2) is 12.9. The van der Waals surface area contributed by atoms with Gasteiger partial charge in [-0.3, -0.25) is 9.59 Å². The Morgan fingerprint density at radius 1 is 1.00 bits per heavy atom. The lowest BCUT2D eigenvalue weighted by atomic mass is 10.1. The molecule has 2 N–H and O–H groups in total. The average Bonchev–Trinajstić information content (AvgIpc) is 3.40. The van der Waals surface area contributed by atoms with Gasteiger partial charge in [0, 0.05) is 26.0 Å². The number of aromatic nitrogens is 1. The smallest absolute Gasteiger partial charge is 0.263 e. The van der Waals surface area contributed by atoms with Crippen molar-refractivity contribution in [1.82, 2.24) is 4.98 Å². The fourth-order valence-electron chi connectivity index (χ4n) is 3.67. The molecule has 1 unspecified atom stereocenters. The number of nitrogens with one attached hydrogen (secondary N) is 2. The first-order valence-electron chi connectivity index (χ1n) is 11.7. The number of thiazole rings is 1. The largest absolute Gasteiger partial charge is 0.496 e. The molecule has 2 amide bonds. The summed E-state index contributed by atoms with van der Waals surface area (Å²) in [6, 6.07) is 20.4. The van der Waals surface area contributed by atoms with E-state index in [-0.39, 0.29) is 17.1 Å². The second-order valence-corrected chi connectivity index (χ2v) is 11.1. The molecule has 0 saturated heterocycles. The van der Waals surface area contributed by atoms with Crippen LogP contribution in [0.5, 0.6) is 11.5 Å². The number of thioether (sulfide) groups is 1. The molecule has 0 aliphatic heterocycles. The second-order valence-electron chi connectivity index (χ2n) is 8.07. The summed E-state index contributed by atoms with van der Waals surface area (Å²) in [6.07, 6.45) is 0.621. The van der Waals surface area contributed by atoms with Gasteiger partial charge in [-0.2, -0.15) is 0 Å². The quantitative estimate of drug-likeness (QED) is 0.182. The third-order valence-electron chi connectivity index (χ3n) is 5.56. The Balaban J connectivity index is 1.43. The summed E-state index contributed by atoms with van der Waals surface area (Å²) in [5, 5.41) is 8.00. The predicted molar refractivity (Wildman–Crippen MR) is 158 cm³/mol. The van der Waals surface area contributed by atoms with E-state index in [9.17, 15) is 9.59 Å². The zero-order valence-electron chi connectivity index (χ0n) is 21.0. The molecule has 38 heavy (non-hydrogen) atoms. The molecule has 0 saturated carbocycles. The van der Waals surface area contributed by atoms with Gasteiger partial charge in [0.05, 0.1) is 25.2 Å². The van der Waals surface area contributed by atoms with Crippen LogP contribution < -0.4 is 20.1 Å². The highest BCUT2D eigenvalue weighted by Gasteiger charge is 2.21. The van der Waals surface area contributed by atoms with Crippen LogP contribution in [0.1, 0.15) is 23.7 Å². The van der Waals surface area contributed by atoms with Crippen LogP contribution in [0.4, 0.5) is 10.8 Å². The maximum atomic E-state index is 13.1. The Morgan fingerprint density at radius 3 is 2.34 bits per heavy atom. The van der Waals surface area contributed by atoms with Gasteiger partial charge in [-0.05, 0) is 48.9 Å². The molecule has 3 aromatic carbocycles. The number of carbonyl (C=O) groups excluding carboxylic acids is 2. The number of ether oxygens (including phenoxy) is 2. The highest BCUT2D eigenvalue weighted by molar-refractivity contribution is 9.10. The molecule has 0 aliphatic carbocycles. The van der Waals surface area contributed by atoms with E-state index in [1.165, 1.54) is 37.3 Å². The van der Waals surface area contributed by atoms with Crippen molar-refractivity contribution in [2.45, 2.75) is 23.5 Å².